The lowest BCUT2D eigenvalue weighted by Gasteiger charge is -2.12. The molecule has 2 rings (SSSR count). The standard InChI is InChI=1S/C13H15BrClNO3S/c1-7-9(12(17)16-11-6-13(11,2)3)4-8(14)5-10(7)20(15,18)19/h4-5,11H,6H2,1-3H3,(H,16,17). The molecule has 110 valence electrons. The minimum atomic E-state index is -3.89. The second-order valence-corrected chi connectivity index (χ2v) is 9.18. The van der Waals surface area contributed by atoms with Gasteiger partial charge in [-0.1, -0.05) is 29.8 Å². The Morgan fingerprint density at radius 2 is 2.00 bits per heavy atom. The number of amides is 1. The topological polar surface area (TPSA) is 63.2 Å². The number of hydrogen-bond donors (Lipinski definition) is 1. The van der Waals surface area contributed by atoms with Gasteiger partial charge in [0.25, 0.3) is 15.0 Å². The van der Waals surface area contributed by atoms with Crippen molar-refractivity contribution in [3.05, 3.63) is 27.7 Å². The van der Waals surface area contributed by atoms with E-state index in [2.05, 4.69) is 35.1 Å². The van der Waals surface area contributed by atoms with Crippen LogP contribution in [0.2, 0.25) is 0 Å². The summed E-state index contributed by atoms with van der Waals surface area (Å²) in [7, 11) is 1.51. The molecule has 1 N–H and O–H groups in total. The molecular weight excluding hydrogens is 366 g/mol. The van der Waals surface area contributed by atoms with Gasteiger partial charge in [0.2, 0.25) is 0 Å². The average molecular weight is 381 g/mol. The summed E-state index contributed by atoms with van der Waals surface area (Å²) in [5.74, 6) is -0.277. The van der Waals surface area contributed by atoms with Gasteiger partial charge in [0.05, 0.1) is 4.90 Å². The maximum absolute atomic E-state index is 12.3. The normalized spacial score (nSPS) is 20.6. The molecule has 1 aromatic rings. The molecule has 1 amide bonds. The van der Waals surface area contributed by atoms with Gasteiger partial charge in [0.1, 0.15) is 0 Å². The molecule has 0 bridgehead atoms. The number of nitrogens with one attached hydrogen (secondary N) is 1. The van der Waals surface area contributed by atoms with Crippen LogP contribution in [0, 0.1) is 12.3 Å². The Kier molecular flexibility index (Phi) is 3.95. The fourth-order valence-corrected chi connectivity index (χ4v) is 3.93. The average Bonchev–Trinajstić information content (AvgIpc) is 2.87. The van der Waals surface area contributed by atoms with E-state index < -0.39 is 9.05 Å². The summed E-state index contributed by atoms with van der Waals surface area (Å²) in [5, 5.41) is 2.91. The van der Waals surface area contributed by atoms with E-state index in [1.54, 1.807) is 13.0 Å². The molecule has 20 heavy (non-hydrogen) atoms. The molecule has 1 aromatic carbocycles. The van der Waals surface area contributed by atoms with Crippen molar-refractivity contribution < 1.29 is 13.2 Å². The van der Waals surface area contributed by atoms with E-state index in [-0.39, 0.29) is 22.3 Å². The lowest BCUT2D eigenvalue weighted by Crippen LogP contribution is -2.29. The highest BCUT2D eigenvalue weighted by Gasteiger charge is 2.46. The van der Waals surface area contributed by atoms with Crippen molar-refractivity contribution in [3.8, 4) is 0 Å². The second kappa shape index (κ2) is 5.00. The Hall–Kier alpha value is -0.590. The van der Waals surface area contributed by atoms with Gasteiger partial charge in [-0.3, -0.25) is 4.79 Å². The summed E-state index contributed by atoms with van der Waals surface area (Å²) < 4.78 is 23.6. The summed E-state index contributed by atoms with van der Waals surface area (Å²) >= 11 is 3.21. The molecule has 7 heteroatoms. The van der Waals surface area contributed by atoms with E-state index in [1.807, 2.05) is 0 Å². The SMILES string of the molecule is Cc1c(C(=O)NC2CC2(C)C)cc(Br)cc1S(=O)(=O)Cl. The van der Waals surface area contributed by atoms with Gasteiger partial charge in [-0.25, -0.2) is 8.42 Å². The van der Waals surface area contributed by atoms with Crippen molar-refractivity contribution in [3.63, 3.8) is 0 Å². The predicted molar refractivity (Wildman–Crippen MR) is 81.6 cm³/mol. The van der Waals surface area contributed by atoms with Crippen LogP contribution in [0.1, 0.15) is 36.2 Å². The number of rotatable bonds is 3. The number of benzene rings is 1. The molecule has 0 aromatic heterocycles. The predicted octanol–water partition coefficient (Wildman–Crippen LogP) is 3.21. The summed E-state index contributed by atoms with van der Waals surface area (Å²) in [5.41, 5.74) is 0.789. The molecule has 1 aliphatic carbocycles. The second-order valence-electron chi connectivity index (χ2n) is 5.73. The smallest absolute Gasteiger partial charge is 0.261 e. The third-order valence-electron chi connectivity index (χ3n) is 3.65. The molecule has 0 heterocycles. The molecule has 1 aliphatic rings. The molecule has 0 aliphatic heterocycles. The minimum Gasteiger partial charge on any atom is -0.349 e. The van der Waals surface area contributed by atoms with E-state index in [4.69, 9.17) is 10.7 Å². The third-order valence-corrected chi connectivity index (χ3v) is 5.56. The largest absolute Gasteiger partial charge is 0.349 e. The highest BCUT2D eigenvalue weighted by atomic mass is 79.9. The van der Waals surface area contributed by atoms with Crippen molar-refractivity contribution >= 4 is 41.6 Å². The van der Waals surface area contributed by atoms with Crippen molar-refractivity contribution in [2.24, 2.45) is 5.41 Å². The maximum atomic E-state index is 12.3. The van der Waals surface area contributed by atoms with E-state index in [0.717, 1.165) is 6.42 Å². The van der Waals surface area contributed by atoms with Crippen molar-refractivity contribution in [2.45, 2.75) is 38.1 Å². The van der Waals surface area contributed by atoms with Gasteiger partial charge in [-0.15, -0.1) is 0 Å². The first-order chi connectivity index (χ1) is 9.02. The fraction of sp³-hybridized carbons (Fsp3) is 0.462. The molecule has 0 radical (unpaired) electrons. The van der Waals surface area contributed by atoms with Crippen molar-refractivity contribution in [1.29, 1.82) is 0 Å². The molecule has 0 saturated heterocycles. The Morgan fingerprint density at radius 1 is 1.45 bits per heavy atom. The molecule has 1 saturated carbocycles. The first kappa shape index (κ1) is 15.8. The minimum absolute atomic E-state index is 0.0475. The van der Waals surface area contributed by atoms with Crippen LogP contribution in [0.4, 0.5) is 0 Å². The van der Waals surface area contributed by atoms with E-state index >= 15 is 0 Å². The summed E-state index contributed by atoms with van der Waals surface area (Å²) in [4.78, 5) is 12.2. The Morgan fingerprint density at radius 3 is 2.45 bits per heavy atom. The molecule has 0 spiro atoms. The zero-order valence-electron chi connectivity index (χ0n) is 11.3. The van der Waals surface area contributed by atoms with Crippen molar-refractivity contribution in [2.75, 3.05) is 0 Å². The van der Waals surface area contributed by atoms with Crippen LogP contribution in [-0.4, -0.2) is 20.4 Å². The molecule has 1 fully saturated rings. The van der Waals surface area contributed by atoms with Crippen LogP contribution in [0.15, 0.2) is 21.5 Å². The first-order valence-corrected chi connectivity index (χ1v) is 9.18. The van der Waals surface area contributed by atoms with Crippen LogP contribution in [0.25, 0.3) is 0 Å². The maximum Gasteiger partial charge on any atom is 0.261 e. The summed E-state index contributed by atoms with van der Waals surface area (Å²) in [6, 6.07) is 3.13. The molecule has 4 nitrogen and oxygen atoms in total. The van der Waals surface area contributed by atoms with E-state index in [0.29, 0.717) is 15.6 Å². The molecule has 1 atom stereocenters. The van der Waals surface area contributed by atoms with Crippen LogP contribution >= 0.6 is 26.6 Å². The highest BCUT2D eigenvalue weighted by molar-refractivity contribution is 9.10. The first-order valence-electron chi connectivity index (χ1n) is 6.08. The highest BCUT2D eigenvalue weighted by Crippen LogP contribution is 2.44. The Balaban J connectivity index is 2.37. The van der Waals surface area contributed by atoms with Crippen LogP contribution in [0.3, 0.4) is 0 Å². The zero-order chi connectivity index (χ0) is 15.3. The summed E-state index contributed by atoms with van der Waals surface area (Å²) in [6.45, 7) is 5.72. The van der Waals surface area contributed by atoms with Gasteiger partial charge < -0.3 is 5.32 Å². The number of carbonyl (C=O) groups is 1. The monoisotopic (exact) mass is 379 g/mol. The van der Waals surface area contributed by atoms with Gasteiger partial charge >= 0.3 is 0 Å². The Bertz CT molecular complexity index is 685. The van der Waals surface area contributed by atoms with Crippen LogP contribution in [-0.2, 0) is 9.05 Å². The summed E-state index contributed by atoms with van der Waals surface area (Å²) in [6.07, 6.45) is 0.923. The fourth-order valence-electron chi connectivity index (χ4n) is 2.09. The molecular formula is C13H15BrClNO3S. The van der Waals surface area contributed by atoms with E-state index in [9.17, 15) is 13.2 Å². The van der Waals surface area contributed by atoms with Crippen LogP contribution in [0.5, 0.6) is 0 Å². The number of halogens is 2. The number of hydrogen-bond acceptors (Lipinski definition) is 3. The van der Waals surface area contributed by atoms with Crippen molar-refractivity contribution in [1.82, 2.24) is 5.32 Å². The lowest BCUT2D eigenvalue weighted by molar-refractivity contribution is 0.0945. The number of carbonyl (C=O) groups excluding carboxylic acids is 1. The van der Waals surface area contributed by atoms with E-state index in [1.165, 1.54) is 6.07 Å². The lowest BCUT2D eigenvalue weighted by atomic mass is 10.1. The molecule has 1 unspecified atom stereocenters. The zero-order valence-corrected chi connectivity index (χ0v) is 14.5. The van der Waals surface area contributed by atoms with Crippen LogP contribution < -0.4 is 5.32 Å². The quantitative estimate of drug-likeness (QED) is 0.819. The third kappa shape index (κ3) is 3.18. The van der Waals surface area contributed by atoms with Gasteiger partial charge in [-0.05, 0) is 36.5 Å². The van der Waals surface area contributed by atoms with Gasteiger partial charge in [-0.2, -0.15) is 0 Å². The van der Waals surface area contributed by atoms with Gasteiger partial charge in [0, 0.05) is 26.8 Å². The van der Waals surface area contributed by atoms with Gasteiger partial charge in [0.15, 0.2) is 0 Å². The Labute approximate surface area is 131 Å².